The Bertz CT molecular complexity index is 3230. The van der Waals surface area contributed by atoms with Gasteiger partial charge in [-0.3, -0.25) is 0 Å². The Labute approximate surface area is 384 Å². The van der Waals surface area contributed by atoms with Gasteiger partial charge in [-0.05, 0) is 145 Å². The molecule has 3 aliphatic rings. The highest BCUT2D eigenvalue weighted by Gasteiger charge is 2.40. The average Bonchev–Trinajstić information content (AvgIpc) is 3.71. The molecule has 1 heterocycles. The highest BCUT2D eigenvalue weighted by Crippen LogP contribution is 2.56. The zero-order chi connectivity index (χ0) is 44.2. The summed E-state index contributed by atoms with van der Waals surface area (Å²) in [5, 5.41) is 0. The number of hydrogen-bond acceptors (Lipinski definition) is 2. The lowest BCUT2D eigenvalue weighted by atomic mass is 9.72. The van der Waals surface area contributed by atoms with Crippen molar-refractivity contribution in [2.75, 3.05) is 9.80 Å². The molecule has 9 aromatic carbocycles. The van der Waals surface area contributed by atoms with Crippen LogP contribution in [0.15, 0.2) is 206 Å². The van der Waals surface area contributed by atoms with Gasteiger partial charge in [-0.1, -0.05) is 181 Å². The normalized spacial score (nSPS) is 15.3. The lowest BCUT2D eigenvalue weighted by Gasteiger charge is -2.43. The number of anilines is 6. The lowest BCUT2D eigenvalue weighted by molar-refractivity contribution is 0.632. The van der Waals surface area contributed by atoms with Crippen molar-refractivity contribution in [2.45, 2.75) is 57.8 Å². The molecule has 9 aromatic rings. The Morgan fingerprint density at radius 3 is 1.20 bits per heavy atom. The van der Waals surface area contributed by atoms with Gasteiger partial charge < -0.3 is 9.80 Å². The Morgan fingerprint density at radius 2 is 0.662 bits per heavy atom. The van der Waals surface area contributed by atoms with Crippen molar-refractivity contribution in [2.24, 2.45) is 0 Å². The Morgan fingerprint density at radius 1 is 0.292 bits per heavy atom. The molecule has 0 amide bonds. The third-order valence-corrected chi connectivity index (χ3v) is 15.1. The minimum Gasteiger partial charge on any atom is -0.310 e. The summed E-state index contributed by atoms with van der Waals surface area (Å²) >= 11 is 0. The third kappa shape index (κ3) is 5.93. The fourth-order valence-electron chi connectivity index (χ4n) is 11.5. The van der Waals surface area contributed by atoms with Crippen molar-refractivity contribution < 1.29 is 0 Å². The van der Waals surface area contributed by atoms with Gasteiger partial charge >= 0.3 is 0 Å². The van der Waals surface area contributed by atoms with Crippen LogP contribution in [-0.4, -0.2) is 0 Å². The summed E-state index contributed by atoms with van der Waals surface area (Å²) < 4.78 is 0. The van der Waals surface area contributed by atoms with E-state index < -0.39 is 0 Å². The number of fused-ring (bicyclic) bond motifs is 8. The van der Waals surface area contributed by atoms with Gasteiger partial charge in [0.2, 0.25) is 0 Å². The molecule has 0 radical (unpaired) electrons. The van der Waals surface area contributed by atoms with Crippen molar-refractivity contribution in [3.8, 4) is 44.5 Å². The minimum atomic E-state index is -0.333. The largest absolute Gasteiger partial charge is 0.310 e. The second kappa shape index (κ2) is 14.3. The smallest absolute Gasteiger partial charge is 0.0504 e. The summed E-state index contributed by atoms with van der Waals surface area (Å²) in [7, 11) is 0. The van der Waals surface area contributed by atoms with Crippen LogP contribution in [0.1, 0.15) is 74.9 Å². The molecule has 0 fully saturated rings. The SMILES string of the molecule is CC1(C)c2ccccc2-c2ccc(N(c3ccc4c(c3)C(C)(C)c3ccccc3-4)c3ccc4c(c3)C(C)(C)c3cc(-c5ccccc5)ccc3N4c3ccc(-c4ccccc4)cc3)cc21. The first-order valence-corrected chi connectivity index (χ1v) is 23.1. The molecule has 12 rings (SSSR count). The van der Waals surface area contributed by atoms with Gasteiger partial charge in [0.05, 0.1) is 11.4 Å². The third-order valence-electron chi connectivity index (χ3n) is 15.1. The predicted octanol–water partition coefficient (Wildman–Crippen LogP) is 17.2. The molecule has 314 valence electrons. The van der Waals surface area contributed by atoms with Crippen LogP contribution in [0.2, 0.25) is 0 Å². The van der Waals surface area contributed by atoms with Crippen LogP contribution in [-0.2, 0) is 16.2 Å². The van der Waals surface area contributed by atoms with E-state index in [1.165, 1.54) is 89.3 Å². The van der Waals surface area contributed by atoms with Gasteiger partial charge in [0.15, 0.2) is 0 Å². The van der Waals surface area contributed by atoms with E-state index in [9.17, 15) is 0 Å². The number of rotatable bonds is 6. The molecule has 0 saturated carbocycles. The zero-order valence-electron chi connectivity index (χ0n) is 38.0. The van der Waals surface area contributed by atoms with E-state index in [0.29, 0.717) is 0 Å². The van der Waals surface area contributed by atoms with E-state index >= 15 is 0 Å². The molecule has 0 saturated heterocycles. The molecule has 2 aliphatic carbocycles. The van der Waals surface area contributed by atoms with Crippen molar-refractivity contribution in [3.63, 3.8) is 0 Å². The average molecular weight is 837 g/mol. The first-order valence-electron chi connectivity index (χ1n) is 23.1. The molecule has 0 spiro atoms. The molecular weight excluding hydrogens is 785 g/mol. The second-order valence-electron chi connectivity index (χ2n) is 19.8. The zero-order valence-corrected chi connectivity index (χ0v) is 38.0. The molecule has 65 heavy (non-hydrogen) atoms. The maximum absolute atomic E-state index is 2.52. The van der Waals surface area contributed by atoms with Gasteiger partial charge in [0, 0.05) is 39.0 Å². The first-order chi connectivity index (χ1) is 31.5. The highest BCUT2D eigenvalue weighted by molar-refractivity contribution is 5.92. The van der Waals surface area contributed by atoms with Crippen LogP contribution in [0.4, 0.5) is 34.1 Å². The van der Waals surface area contributed by atoms with Gasteiger partial charge in [-0.2, -0.15) is 0 Å². The van der Waals surface area contributed by atoms with E-state index in [-0.39, 0.29) is 16.2 Å². The molecular formula is C63H52N2. The summed E-state index contributed by atoms with van der Waals surface area (Å²) in [4.78, 5) is 5.00. The van der Waals surface area contributed by atoms with E-state index in [4.69, 9.17) is 0 Å². The van der Waals surface area contributed by atoms with Crippen LogP contribution in [0.5, 0.6) is 0 Å². The maximum atomic E-state index is 2.52. The molecule has 2 heteroatoms. The molecule has 0 atom stereocenters. The Balaban J connectivity index is 1.06. The molecule has 1 aliphatic heterocycles. The first kappa shape index (κ1) is 39.2. The standard InChI is InChI=1S/C63H52N2/c1-61(2)53-23-15-13-21-49(53)51-33-30-46(38-55(51)61)64(47-31-34-52-50-22-14-16-24-54(50)62(3,4)56(52)39-47)48-32-36-60-58(40-48)63(5,6)57-37-44(42-19-11-8-12-20-42)27-35-59(57)65(60)45-28-25-43(26-29-45)41-17-9-7-10-18-41/h7-40H,1-6H3. The molecule has 0 aromatic heterocycles. The van der Waals surface area contributed by atoms with E-state index in [2.05, 4.69) is 258 Å². The van der Waals surface area contributed by atoms with Crippen molar-refractivity contribution in [3.05, 3.63) is 240 Å². The van der Waals surface area contributed by atoms with Crippen LogP contribution < -0.4 is 9.80 Å². The molecule has 0 bridgehead atoms. The Kier molecular flexibility index (Phi) is 8.62. The summed E-state index contributed by atoms with van der Waals surface area (Å²) in [6.45, 7) is 14.3. The van der Waals surface area contributed by atoms with E-state index in [1.807, 2.05) is 0 Å². The predicted molar refractivity (Wildman–Crippen MR) is 274 cm³/mol. The fourth-order valence-corrected chi connectivity index (χ4v) is 11.5. The number of benzene rings is 9. The van der Waals surface area contributed by atoms with Gasteiger partial charge in [0.1, 0.15) is 0 Å². The molecule has 0 unspecified atom stereocenters. The van der Waals surface area contributed by atoms with Crippen molar-refractivity contribution >= 4 is 34.1 Å². The van der Waals surface area contributed by atoms with Gasteiger partial charge in [-0.15, -0.1) is 0 Å². The lowest BCUT2D eigenvalue weighted by Crippen LogP contribution is -2.31. The summed E-state index contributed by atoms with van der Waals surface area (Å²) in [6, 6.07) is 77.1. The fraction of sp³-hybridized carbons (Fsp3) is 0.143. The van der Waals surface area contributed by atoms with Crippen LogP contribution in [0.3, 0.4) is 0 Å². The summed E-state index contributed by atoms with van der Waals surface area (Å²) in [6.07, 6.45) is 0. The number of hydrogen-bond donors (Lipinski definition) is 0. The molecule has 0 N–H and O–H groups in total. The van der Waals surface area contributed by atoms with Crippen LogP contribution in [0, 0.1) is 0 Å². The van der Waals surface area contributed by atoms with Crippen molar-refractivity contribution in [1.82, 2.24) is 0 Å². The van der Waals surface area contributed by atoms with Crippen LogP contribution >= 0.6 is 0 Å². The second-order valence-corrected chi connectivity index (χ2v) is 19.8. The topological polar surface area (TPSA) is 6.48 Å². The minimum absolute atomic E-state index is 0.135. The van der Waals surface area contributed by atoms with Gasteiger partial charge in [0.25, 0.3) is 0 Å². The van der Waals surface area contributed by atoms with E-state index in [0.717, 1.165) is 22.7 Å². The van der Waals surface area contributed by atoms with E-state index in [1.54, 1.807) is 0 Å². The number of nitrogens with zero attached hydrogens (tertiary/aromatic N) is 2. The Hall–Kier alpha value is -7.42. The monoisotopic (exact) mass is 836 g/mol. The maximum Gasteiger partial charge on any atom is 0.0504 e. The summed E-state index contributed by atoms with van der Waals surface area (Å²) in [5.41, 5.74) is 24.7. The van der Waals surface area contributed by atoms with Crippen molar-refractivity contribution in [1.29, 1.82) is 0 Å². The van der Waals surface area contributed by atoms with Gasteiger partial charge in [-0.25, -0.2) is 0 Å². The highest BCUT2D eigenvalue weighted by atomic mass is 15.2. The van der Waals surface area contributed by atoms with Crippen LogP contribution in [0.25, 0.3) is 44.5 Å². The summed E-state index contributed by atoms with van der Waals surface area (Å²) in [5.74, 6) is 0. The quantitative estimate of drug-likeness (QED) is 0.165. The molecule has 2 nitrogen and oxygen atoms in total.